The number of carbonyl (C=O) groups excluding carboxylic acids is 1. The fourth-order valence-electron chi connectivity index (χ4n) is 3.67. The van der Waals surface area contributed by atoms with Crippen molar-refractivity contribution in [1.82, 2.24) is 24.8 Å². The van der Waals surface area contributed by atoms with Crippen molar-refractivity contribution < 1.29 is 32.6 Å². The van der Waals surface area contributed by atoms with E-state index >= 15 is 0 Å². The molecule has 2 N–H and O–H groups in total. The van der Waals surface area contributed by atoms with Gasteiger partial charge in [0.1, 0.15) is 5.75 Å². The van der Waals surface area contributed by atoms with Crippen LogP contribution in [0, 0.1) is 0 Å². The fraction of sp³-hybridized carbons (Fsp3) is 0.333. The lowest BCUT2D eigenvalue weighted by Crippen LogP contribution is -2.46. The van der Waals surface area contributed by atoms with Gasteiger partial charge in [-0.2, -0.15) is 18.3 Å². The highest BCUT2D eigenvalue weighted by molar-refractivity contribution is 5.93. The third kappa shape index (κ3) is 4.69. The van der Waals surface area contributed by atoms with E-state index in [1.54, 1.807) is 24.3 Å². The van der Waals surface area contributed by atoms with E-state index in [9.17, 15) is 22.8 Å². The first-order valence-electron chi connectivity index (χ1n) is 10.1. The van der Waals surface area contributed by atoms with Crippen LogP contribution in [0.5, 0.6) is 5.75 Å². The van der Waals surface area contributed by atoms with Crippen LogP contribution in [0.3, 0.4) is 0 Å². The summed E-state index contributed by atoms with van der Waals surface area (Å²) < 4.78 is 46.9. The van der Waals surface area contributed by atoms with Crippen molar-refractivity contribution in [2.75, 3.05) is 20.2 Å². The molecule has 3 heterocycles. The van der Waals surface area contributed by atoms with Gasteiger partial charge in [-0.25, -0.2) is 14.3 Å². The first-order valence-corrected chi connectivity index (χ1v) is 10.1. The zero-order chi connectivity index (χ0) is 23.8. The Hall–Kier alpha value is -3.83. The highest BCUT2D eigenvalue weighted by atomic mass is 19.4. The number of amides is 2. The van der Waals surface area contributed by atoms with Gasteiger partial charge in [0.15, 0.2) is 17.0 Å². The van der Waals surface area contributed by atoms with E-state index in [1.807, 2.05) is 0 Å². The smallest absolute Gasteiger partial charge is 0.433 e. The molecule has 1 saturated heterocycles. The van der Waals surface area contributed by atoms with Gasteiger partial charge < -0.3 is 20.1 Å². The number of hydrogen-bond donors (Lipinski definition) is 2. The fourth-order valence-corrected chi connectivity index (χ4v) is 3.67. The number of methoxy groups -OCH3 is 1. The summed E-state index contributed by atoms with van der Waals surface area (Å²) in [6, 6.07) is 8.17. The molecule has 0 spiro atoms. The van der Waals surface area contributed by atoms with Crippen molar-refractivity contribution in [3.05, 3.63) is 47.8 Å². The lowest BCUT2D eigenvalue weighted by Gasteiger charge is -2.30. The van der Waals surface area contributed by atoms with Gasteiger partial charge in [0.05, 0.1) is 12.8 Å². The second-order valence-corrected chi connectivity index (χ2v) is 7.57. The number of carboxylic acid groups (broad SMARTS) is 1. The van der Waals surface area contributed by atoms with Crippen LogP contribution in [0.2, 0.25) is 0 Å². The Morgan fingerprint density at radius 2 is 1.82 bits per heavy atom. The molecule has 174 valence electrons. The van der Waals surface area contributed by atoms with Gasteiger partial charge in [-0.15, -0.1) is 0 Å². The minimum atomic E-state index is -4.73. The molecule has 3 aromatic rings. The van der Waals surface area contributed by atoms with Crippen LogP contribution in [0.25, 0.3) is 16.9 Å². The zero-order valence-corrected chi connectivity index (χ0v) is 17.5. The summed E-state index contributed by atoms with van der Waals surface area (Å²) in [4.78, 5) is 29.2. The predicted molar refractivity (Wildman–Crippen MR) is 110 cm³/mol. The summed E-state index contributed by atoms with van der Waals surface area (Å²) in [5.41, 5.74) is -0.874. The summed E-state index contributed by atoms with van der Waals surface area (Å²) >= 11 is 0. The van der Waals surface area contributed by atoms with E-state index in [1.165, 1.54) is 18.1 Å². The Bertz CT molecular complexity index is 1190. The first kappa shape index (κ1) is 22.4. The highest BCUT2D eigenvalue weighted by Crippen LogP contribution is 2.32. The van der Waals surface area contributed by atoms with Gasteiger partial charge in [0, 0.05) is 30.8 Å². The topological polar surface area (TPSA) is 109 Å². The van der Waals surface area contributed by atoms with Crippen LogP contribution < -0.4 is 10.1 Å². The van der Waals surface area contributed by atoms with Gasteiger partial charge in [-0.05, 0) is 43.2 Å². The maximum atomic E-state index is 13.8. The number of ether oxygens (including phenoxy) is 1. The number of carbonyl (C=O) groups is 2. The zero-order valence-electron chi connectivity index (χ0n) is 17.5. The largest absolute Gasteiger partial charge is 0.497 e. The maximum Gasteiger partial charge on any atom is 0.433 e. The number of benzene rings is 1. The molecule has 33 heavy (non-hydrogen) atoms. The molecular formula is C21H20F3N5O4. The lowest BCUT2D eigenvalue weighted by molar-refractivity contribution is -0.142. The van der Waals surface area contributed by atoms with E-state index in [4.69, 9.17) is 9.84 Å². The third-order valence-electron chi connectivity index (χ3n) is 5.44. The van der Waals surface area contributed by atoms with Crippen molar-refractivity contribution in [2.24, 2.45) is 0 Å². The normalized spacial score (nSPS) is 15.0. The van der Waals surface area contributed by atoms with E-state index in [0.717, 1.165) is 6.07 Å². The minimum Gasteiger partial charge on any atom is -0.497 e. The number of nitrogens with one attached hydrogen (secondary N) is 1. The van der Waals surface area contributed by atoms with Crippen molar-refractivity contribution in [3.63, 3.8) is 0 Å². The Balaban J connectivity index is 1.63. The van der Waals surface area contributed by atoms with E-state index in [0.29, 0.717) is 28.7 Å². The van der Waals surface area contributed by atoms with E-state index in [-0.39, 0.29) is 36.2 Å². The van der Waals surface area contributed by atoms with Crippen LogP contribution in [-0.4, -0.2) is 62.8 Å². The van der Waals surface area contributed by atoms with Gasteiger partial charge in [-0.3, -0.25) is 4.79 Å². The average Bonchev–Trinajstić information content (AvgIpc) is 3.22. The lowest BCUT2D eigenvalue weighted by atomic mass is 10.1. The molecule has 0 unspecified atom stereocenters. The number of fused-ring (bicyclic) bond motifs is 1. The van der Waals surface area contributed by atoms with Crippen LogP contribution in [-0.2, 0) is 6.18 Å². The summed E-state index contributed by atoms with van der Waals surface area (Å²) in [7, 11) is 1.48. The monoisotopic (exact) mass is 463 g/mol. The van der Waals surface area contributed by atoms with Crippen molar-refractivity contribution in [1.29, 1.82) is 0 Å². The van der Waals surface area contributed by atoms with Gasteiger partial charge in [-0.1, -0.05) is 0 Å². The van der Waals surface area contributed by atoms with Gasteiger partial charge in [0.2, 0.25) is 0 Å². The molecule has 0 aliphatic carbocycles. The molecule has 1 aromatic carbocycles. The summed E-state index contributed by atoms with van der Waals surface area (Å²) in [6.07, 6.45) is -4.96. The SMILES string of the molecule is COc1ccc(-c2cc(C(F)(F)F)n3nc(C(=O)NC4CCN(C(=O)O)CC4)cc3n2)cc1. The molecule has 12 heteroatoms. The van der Waals surface area contributed by atoms with Crippen molar-refractivity contribution in [3.8, 4) is 17.0 Å². The van der Waals surface area contributed by atoms with Crippen molar-refractivity contribution in [2.45, 2.75) is 25.1 Å². The van der Waals surface area contributed by atoms with Gasteiger partial charge >= 0.3 is 12.3 Å². The molecule has 2 amide bonds. The quantitative estimate of drug-likeness (QED) is 0.615. The van der Waals surface area contributed by atoms with Gasteiger partial charge in [0.25, 0.3) is 5.91 Å². The van der Waals surface area contributed by atoms with Crippen LogP contribution >= 0.6 is 0 Å². The molecule has 4 rings (SSSR count). The number of nitrogens with zero attached hydrogens (tertiary/aromatic N) is 4. The summed E-state index contributed by atoms with van der Waals surface area (Å²) in [5.74, 6) is -0.0956. The second-order valence-electron chi connectivity index (χ2n) is 7.57. The molecule has 9 nitrogen and oxygen atoms in total. The number of hydrogen-bond acceptors (Lipinski definition) is 5. The number of halogens is 3. The third-order valence-corrected chi connectivity index (χ3v) is 5.44. The second kappa shape index (κ2) is 8.60. The predicted octanol–water partition coefficient (Wildman–Crippen LogP) is 3.30. The summed E-state index contributed by atoms with van der Waals surface area (Å²) in [5, 5.41) is 15.6. The molecule has 1 fully saturated rings. The Labute approximate surface area is 185 Å². The number of aromatic nitrogens is 3. The van der Waals surface area contributed by atoms with Crippen LogP contribution in [0.15, 0.2) is 36.4 Å². The Kier molecular flexibility index (Phi) is 5.83. The molecule has 2 aromatic heterocycles. The molecule has 1 aliphatic rings. The van der Waals surface area contributed by atoms with Crippen molar-refractivity contribution >= 4 is 17.6 Å². The van der Waals surface area contributed by atoms with E-state index < -0.39 is 23.9 Å². The molecule has 0 bridgehead atoms. The molecule has 1 aliphatic heterocycles. The standard InChI is InChI=1S/C21H20F3N5O4/c1-33-14-4-2-12(3-5-14)15-10-17(21(22,23)24)29-18(26-15)11-16(27-29)19(30)25-13-6-8-28(9-7-13)20(31)32/h2-5,10-11,13H,6-9H2,1H3,(H,25,30)(H,31,32). The van der Waals surface area contributed by atoms with E-state index in [2.05, 4.69) is 15.4 Å². The number of likely N-dealkylation sites (tertiary alicyclic amines) is 1. The summed E-state index contributed by atoms with van der Waals surface area (Å²) in [6.45, 7) is 0.521. The average molecular weight is 463 g/mol. The molecule has 0 radical (unpaired) electrons. The Morgan fingerprint density at radius 1 is 1.15 bits per heavy atom. The molecular weight excluding hydrogens is 443 g/mol. The highest BCUT2D eigenvalue weighted by Gasteiger charge is 2.36. The minimum absolute atomic E-state index is 0.0744. The van der Waals surface area contributed by atoms with Crippen LogP contribution in [0.4, 0.5) is 18.0 Å². The Morgan fingerprint density at radius 3 is 2.39 bits per heavy atom. The molecule has 0 saturated carbocycles. The first-order chi connectivity index (χ1) is 15.7. The van der Waals surface area contributed by atoms with Crippen LogP contribution in [0.1, 0.15) is 29.0 Å². The number of alkyl halides is 3. The number of piperidine rings is 1. The number of rotatable bonds is 4. The maximum absolute atomic E-state index is 13.8. The molecule has 0 atom stereocenters.